The van der Waals surface area contributed by atoms with Crippen molar-refractivity contribution in [1.82, 2.24) is 10.3 Å². The van der Waals surface area contributed by atoms with Gasteiger partial charge in [-0.2, -0.15) is 5.26 Å². The molecule has 26 heavy (non-hydrogen) atoms. The topological polar surface area (TPSA) is 69.0 Å². The molecule has 1 aliphatic heterocycles. The maximum Gasteiger partial charge on any atom is 0.223 e. The van der Waals surface area contributed by atoms with E-state index in [4.69, 9.17) is 5.26 Å². The molecule has 5 nitrogen and oxygen atoms in total. The summed E-state index contributed by atoms with van der Waals surface area (Å²) < 4.78 is 13.1. The summed E-state index contributed by atoms with van der Waals surface area (Å²) in [5.41, 5.74) is 1.42. The van der Waals surface area contributed by atoms with Crippen molar-refractivity contribution < 1.29 is 9.18 Å². The van der Waals surface area contributed by atoms with Crippen molar-refractivity contribution >= 4 is 11.7 Å². The summed E-state index contributed by atoms with van der Waals surface area (Å²) in [5, 5.41) is 11.8. The molecule has 0 aliphatic carbocycles. The number of piperidine rings is 1. The number of carbonyl (C=O) groups is 1. The molecule has 0 unspecified atom stereocenters. The molecule has 1 aliphatic rings. The van der Waals surface area contributed by atoms with E-state index in [-0.39, 0.29) is 17.6 Å². The predicted molar refractivity (Wildman–Crippen MR) is 97.0 cm³/mol. The third-order valence-corrected chi connectivity index (χ3v) is 4.67. The Morgan fingerprint density at radius 3 is 2.77 bits per heavy atom. The third-order valence-electron chi connectivity index (χ3n) is 4.67. The number of halogens is 1. The zero-order valence-corrected chi connectivity index (χ0v) is 14.5. The molecule has 1 aromatic heterocycles. The number of aromatic nitrogens is 1. The average Bonchev–Trinajstić information content (AvgIpc) is 2.68. The van der Waals surface area contributed by atoms with E-state index in [1.807, 2.05) is 12.1 Å². The first-order chi connectivity index (χ1) is 12.7. The van der Waals surface area contributed by atoms with Crippen LogP contribution in [0.5, 0.6) is 0 Å². The molecular weight excluding hydrogens is 331 g/mol. The summed E-state index contributed by atoms with van der Waals surface area (Å²) in [5.74, 6) is 0.651. The van der Waals surface area contributed by atoms with Crippen molar-refractivity contribution in [2.45, 2.75) is 19.3 Å². The molecule has 0 radical (unpaired) electrons. The molecule has 0 bridgehead atoms. The van der Waals surface area contributed by atoms with Crippen LogP contribution in [0.1, 0.15) is 24.0 Å². The molecule has 6 heteroatoms. The monoisotopic (exact) mass is 352 g/mol. The van der Waals surface area contributed by atoms with Gasteiger partial charge in [0.2, 0.25) is 5.91 Å². The Bertz CT molecular complexity index is 792. The van der Waals surface area contributed by atoms with Gasteiger partial charge in [-0.05, 0) is 49.1 Å². The lowest BCUT2D eigenvalue weighted by Gasteiger charge is -2.32. The van der Waals surface area contributed by atoms with Crippen LogP contribution in [0, 0.1) is 23.1 Å². The number of pyridine rings is 1. The van der Waals surface area contributed by atoms with Gasteiger partial charge in [0.15, 0.2) is 0 Å². The lowest BCUT2D eigenvalue weighted by Crippen LogP contribution is -2.41. The molecule has 134 valence electrons. The number of nitriles is 1. The first-order valence-corrected chi connectivity index (χ1v) is 8.79. The van der Waals surface area contributed by atoms with Crippen molar-refractivity contribution in [3.8, 4) is 6.07 Å². The Morgan fingerprint density at radius 1 is 1.31 bits per heavy atom. The van der Waals surface area contributed by atoms with E-state index in [9.17, 15) is 9.18 Å². The first-order valence-electron chi connectivity index (χ1n) is 8.79. The number of nitrogens with one attached hydrogen (secondary N) is 1. The molecule has 0 atom stereocenters. The maximum absolute atomic E-state index is 13.1. The largest absolute Gasteiger partial charge is 0.357 e. The van der Waals surface area contributed by atoms with Crippen LogP contribution in [0.2, 0.25) is 0 Å². The molecule has 0 saturated carbocycles. The summed E-state index contributed by atoms with van der Waals surface area (Å²) in [6.45, 7) is 2.04. The smallest absolute Gasteiger partial charge is 0.223 e. The van der Waals surface area contributed by atoms with Crippen LogP contribution in [-0.2, 0) is 11.2 Å². The average molecular weight is 352 g/mol. The minimum atomic E-state index is -0.252. The van der Waals surface area contributed by atoms with Crippen molar-refractivity contribution in [2.75, 3.05) is 24.5 Å². The van der Waals surface area contributed by atoms with Gasteiger partial charge in [-0.1, -0.05) is 12.1 Å². The van der Waals surface area contributed by atoms with Crippen molar-refractivity contribution in [2.24, 2.45) is 5.92 Å². The van der Waals surface area contributed by atoms with Gasteiger partial charge in [0, 0.05) is 31.7 Å². The van der Waals surface area contributed by atoms with Gasteiger partial charge < -0.3 is 10.2 Å². The Balaban J connectivity index is 1.43. The molecule has 2 aromatic rings. The molecule has 1 N–H and O–H groups in total. The van der Waals surface area contributed by atoms with Crippen LogP contribution >= 0.6 is 0 Å². The van der Waals surface area contributed by atoms with Gasteiger partial charge in [-0.15, -0.1) is 0 Å². The normalized spacial score (nSPS) is 14.7. The summed E-state index contributed by atoms with van der Waals surface area (Å²) in [4.78, 5) is 18.8. The fourth-order valence-electron chi connectivity index (χ4n) is 3.18. The molecule has 3 rings (SSSR count). The zero-order valence-electron chi connectivity index (χ0n) is 14.5. The minimum Gasteiger partial charge on any atom is -0.357 e. The summed E-state index contributed by atoms with van der Waals surface area (Å²) in [6.07, 6.45) is 3.74. The standard InChI is InChI=1S/C20H21FN4O/c21-18-3-1-2-15(12-18)6-9-23-20(26)17-7-10-25(11-8-17)19-5-4-16(13-22)14-24-19/h1-5,12,14,17H,6-11H2,(H,23,26). The van der Waals surface area contributed by atoms with Gasteiger partial charge in [-0.25, -0.2) is 9.37 Å². The highest BCUT2D eigenvalue weighted by molar-refractivity contribution is 5.79. The van der Waals surface area contributed by atoms with Crippen molar-refractivity contribution in [3.63, 3.8) is 0 Å². The van der Waals surface area contributed by atoms with E-state index in [0.717, 1.165) is 37.3 Å². The number of hydrogen-bond donors (Lipinski definition) is 1. The molecule has 0 spiro atoms. The number of anilines is 1. The summed E-state index contributed by atoms with van der Waals surface area (Å²) in [7, 11) is 0. The quantitative estimate of drug-likeness (QED) is 0.898. The molecule has 1 saturated heterocycles. The van der Waals surface area contributed by atoms with Crippen LogP contribution in [0.25, 0.3) is 0 Å². The Labute approximate surface area is 152 Å². The fourth-order valence-corrected chi connectivity index (χ4v) is 3.18. The Hall–Kier alpha value is -2.94. The highest BCUT2D eigenvalue weighted by Crippen LogP contribution is 2.22. The van der Waals surface area contributed by atoms with E-state index in [2.05, 4.69) is 21.3 Å². The lowest BCUT2D eigenvalue weighted by molar-refractivity contribution is -0.125. The Morgan fingerprint density at radius 2 is 2.12 bits per heavy atom. The van der Waals surface area contributed by atoms with Gasteiger partial charge >= 0.3 is 0 Å². The lowest BCUT2D eigenvalue weighted by atomic mass is 9.96. The van der Waals surface area contributed by atoms with Gasteiger partial charge in [0.1, 0.15) is 17.7 Å². The number of carbonyl (C=O) groups excluding carboxylic acids is 1. The van der Waals surface area contributed by atoms with Crippen LogP contribution in [0.15, 0.2) is 42.6 Å². The molecule has 2 heterocycles. The van der Waals surface area contributed by atoms with Crippen molar-refractivity contribution in [1.29, 1.82) is 5.26 Å². The fraction of sp³-hybridized carbons (Fsp3) is 0.350. The number of rotatable bonds is 5. The van der Waals surface area contributed by atoms with E-state index in [0.29, 0.717) is 18.5 Å². The zero-order chi connectivity index (χ0) is 18.4. The van der Waals surface area contributed by atoms with Crippen LogP contribution in [0.3, 0.4) is 0 Å². The van der Waals surface area contributed by atoms with Crippen LogP contribution < -0.4 is 10.2 Å². The van der Waals surface area contributed by atoms with Gasteiger partial charge in [0.05, 0.1) is 5.56 Å². The molecule has 1 amide bonds. The van der Waals surface area contributed by atoms with E-state index in [1.54, 1.807) is 18.3 Å². The van der Waals surface area contributed by atoms with E-state index < -0.39 is 0 Å². The van der Waals surface area contributed by atoms with Crippen molar-refractivity contribution in [3.05, 3.63) is 59.5 Å². The maximum atomic E-state index is 13.1. The number of amides is 1. The minimum absolute atomic E-state index is 0.00265. The number of nitrogens with zero attached hydrogens (tertiary/aromatic N) is 3. The summed E-state index contributed by atoms with van der Waals surface area (Å²) >= 11 is 0. The molecule has 1 fully saturated rings. The van der Waals surface area contributed by atoms with Crippen LogP contribution in [0.4, 0.5) is 10.2 Å². The van der Waals surface area contributed by atoms with E-state index in [1.165, 1.54) is 12.1 Å². The second-order valence-corrected chi connectivity index (χ2v) is 6.45. The number of hydrogen-bond acceptors (Lipinski definition) is 4. The summed E-state index contributed by atoms with van der Waals surface area (Å²) in [6, 6.07) is 12.1. The first kappa shape index (κ1) is 17.9. The Kier molecular flexibility index (Phi) is 5.80. The van der Waals surface area contributed by atoms with E-state index >= 15 is 0 Å². The SMILES string of the molecule is N#Cc1ccc(N2CCC(C(=O)NCCc3cccc(F)c3)CC2)nc1. The second kappa shape index (κ2) is 8.43. The molecule has 1 aromatic carbocycles. The second-order valence-electron chi connectivity index (χ2n) is 6.45. The molecular formula is C20H21FN4O. The van der Waals surface area contributed by atoms with Crippen LogP contribution in [-0.4, -0.2) is 30.5 Å². The third kappa shape index (κ3) is 4.57. The van der Waals surface area contributed by atoms with Gasteiger partial charge in [0.25, 0.3) is 0 Å². The highest BCUT2D eigenvalue weighted by atomic mass is 19.1. The number of benzene rings is 1. The predicted octanol–water partition coefficient (Wildman–Crippen LogP) is 2.67. The highest BCUT2D eigenvalue weighted by Gasteiger charge is 2.25. The van der Waals surface area contributed by atoms with Gasteiger partial charge in [-0.3, -0.25) is 4.79 Å².